The van der Waals surface area contributed by atoms with E-state index in [-0.39, 0.29) is 6.04 Å². The third-order valence-corrected chi connectivity index (χ3v) is 2.39. The maximum atomic E-state index is 5.78. The first-order valence-electron chi connectivity index (χ1n) is 4.87. The van der Waals surface area contributed by atoms with E-state index in [1.54, 1.807) is 0 Å². The quantitative estimate of drug-likeness (QED) is 0.758. The van der Waals surface area contributed by atoms with Gasteiger partial charge in [-0.15, -0.1) is 0 Å². The molecule has 0 aliphatic heterocycles. The number of hydrogen-bond acceptors (Lipinski definition) is 4. The summed E-state index contributed by atoms with van der Waals surface area (Å²) in [5.74, 6) is 2.13. The molecule has 1 fully saturated rings. The minimum atomic E-state index is 0.146. The minimum absolute atomic E-state index is 0.146. The van der Waals surface area contributed by atoms with Crippen molar-refractivity contribution in [2.75, 3.05) is 0 Å². The lowest BCUT2D eigenvalue weighted by molar-refractivity contribution is 0.363. The number of rotatable bonds is 4. The molecule has 1 saturated carbocycles. The molecule has 0 saturated heterocycles. The van der Waals surface area contributed by atoms with Gasteiger partial charge in [0.05, 0.1) is 0 Å². The predicted octanol–water partition coefficient (Wildman–Crippen LogP) is 1.23. The SMILES string of the molecule is CC[C@H](N)Cc1nc(C2CC2)no1. The lowest BCUT2D eigenvalue weighted by Gasteiger charge is -2.02. The molecule has 1 aliphatic rings. The van der Waals surface area contributed by atoms with Gasteiger partial charge in [-0.2, -0.15) is 4.98 Å². The highest BCUT2D eigenvalue weighted by Gasteiger charge is 2.28. The van der Waals surface area contributed by atoms with E-state index in [0.29, 0.717) is 18.2 Å². The van der Waals surface area contributed by atoms with Crippen LogP contribution in [-0.2, 0) is 6.42 Å². The summed E-state index contributed by atoms with van der Waals surface area (Å²) in [6, 6.07) is 0.146. The second-order valence-corrected chi connectivity index (χ2v) is 3.69. The van der Waals surface area contributed by atoms with Crippen LogP contribution in [0.1, 0.15) is 43.8 Å². The Kier molecular flexibility index (Phi) is 2.31. The molecule has 4 heteroatoms. The smallest absolute Gasteiger partial charge is 0.228 e. The molecule has 0 radical (unpaired) electrons. The van der Waals surface area contributed by atoms with Crippen molar-refractivity contribution in [2.45, 2.75) is 44.6 Å². The highest BCUT2D eigenvalue weighted by atomic mass is 16.5. The molecule has 1 atom stereocenters. The average molecular weight is 181 g/mol. The lowest BCUT2D eigenvalue weighted by Crippen LogP contribution is -2.21. The molecule has 0 amide bonds. The van der Waals surface area contributed by atoms with Crippen molar-refractivity contribution in [3.63, 3.8) is 0 Å². The van der Waals surface area contributed by atoms with Gasteiger partial charge in [-0.3, -0.25) is 0 Å². The molecule has 0 aromatic carbocycles. The van der Waals surface area contributed by atoms with Crippen molar-refractivity contribution in [1.29, 1.82) is 0 Å². The summed E-state index contributed by atoms with van der Waals surface area (Å²) in [7, 11) is 0. The van der Waals surface area contributed by atoms with Gasteiger partial charge >= 0.3 is 0 Å². The summed E-state index contributed by atoms with van der Waals surface area (Å²) >= 11 is 0. The Morgan fingerprint density at radius 1 is 1.62 bits per heavy atom. The number of nitrogens with zero attached hydrogens (tertiary/aromatic N) is 2. The van der Waals surface area contributed by atoms with E-state index in [0.717, 1.165) is 12.2 Å². The molecule has 13 heavy (non-hydrogen) atoms. The Morgan fingerprint density at radius 2 is 2.38 bits per heavy atom. The molecule has 1 aromatic heterocycles. The van der Waals surface area contributed by atoms with Gasteiger partial charge in [0.25, 0.3) is 0 Å². The zero-order valence-electron chi connectivity index (χ0n) is 7.86. The van der Waals surface area contributed by atoms with Gasteiger partial charge in [0, 0.05) is 18.4 Å². The van der Waals surface area contributed by atoms with Gasteiger partial charge < -0.3 is 10.3 Å². The lowest BCUT2D eigenvalue weighted by atomic mass is 10.2. The fraction of sp³-hybridized carbons (Fsp3) is 0.778. The van der Waals surface area contributed by atoms with Crippen LogP contribution in [-0.4, -0.2) is 16.2 Å². The Hall–Kier alpha value is -0.900. The number of aromatic nitrogens is 2. The third kappa shape index (κ3) is 2.06. The molecule has 0 spiro atoms. The standard InChI is InChI=1S/C9H15N3O/c1-2-7(10)5-8-11-9(12-13-8)6-3-4-6/h6-7H,2-5,10H2,1H3/t7-/m0/s1. The van der Waals surface area contributed by atoms with Crippen molar-refractivity contribution in [1.82, 2.24) is 10.1 Å². The van der Waals surface area contributed by atoms with E-state index < -0.39 is 0 Å². The highest BCUT2D eigenvalue weighted by Crippen LogP contribution is 2.38. The van der Waals surface area contributed by atoms with Gasteiger partial charge in [-0.05, 0) is 19.3 Å². The van der Waals surface area contributed by atoms with Gasteiger partial charge in [-0.1, -0.05) is 12.1 Å². The molecular formula is C9H15N3O. The van der Waals surface area contributed by atoms with Crippen molar-refractivity contribution >= 4 is 0 Å². The summed E-state index contributed by atoms with van der Waals surface area (Å²) in [4.78, 5) is 4.30. The number of hydrogen-bond donors (Lipinski definition) is 1. The summed E-state index contributed by atoms with van der Waals surface area (Å²) in [6.45, 7) is 2.06. The monoisotopic (exact) mass is 181 g/mol. The van der Waals surface area contributed by atoms with Crippen LogP contribution in [0, 0.1) is 0 Å². The van der Waals surface area contributed by atoms with Crippen LogP contribution >= 0.6 is 0 Å². The molecule has 72 valence electrons. The summed E-state index contributed by atoms with van der Waals surface area (Å²) in [5.41, 5.74) is 5.78. The largest absolute Gasteiger partial charge is 0.339 e. The Morgan fingerprint density at radius 3 is 3.00 bits per heavy atom. The average Bonchev–Trinajstić information content (AvgIpc) is 2.88. The van der Waals surface area contributed by atoms with Gasteiger partial charge in [-0.25, -0.2) is 0 Å². The van der Waals surface area contributed by atoms with Crippen LogP contribution < -0.4 is 5.73 Å². The highest BCUT2D eigenvalue weighted by molar-refractivity contribution is 5.03. The van der Waals surface area contributed by atoms with Gasteiger partial charge in [0.15, 0.2) is 5.82 Å². The van der Waals surface area contributed by atoms with Crippen LogP contribution in [0.2, 0.25) is 0 Å². The fourth-order valence-electron chi connectivity index (χ4n) is 1.23. The fourth-order valence-corrected chi connectivity index (χ4v) is 1.23. The van der Waals surface area contributed by atoms with Crippen LogP contribution in [0.3, 0.4) is 0 Å². The van der Waals surface area contributed by atoms with E-state index in [9.17, 15) is 0 Å². The van der Waals surface area contributed by atoms with Crippen LogP contribution in [0.5, 0.6) is 0 Å². The van der Waals surface area contributed by atoms with Crippen LogP contribution in [0.25, 0.3) is 0 Å². The van der Waals surface area contributed by atoms with Gasteiger partial charge in [0.1, 0.15) is 0 Å². The predicted molar refractivity (Wildman–Crippen MR) is 48.2 cm³/mol. The van der Waals surface area contributed by atoms with Crippen molar-refractivity contribution in [2.24, 2.45) is 5.73 Å². The topological polar surface area (TPSA) is 64.9 Å². The summed E-state index contributed by atoms with van der Waals surface area (Å²) in [5, 5.41) is 3.92. The van der Waals surface area contributed by atoms with E-state index in [2.05, 4.69) is 17.1 Å². The maximum Gasteiger partial charge on any atom is 0.228 e. The first-order valence-corrected chi connectivity index (χ1v) is 4.87. The van der Waals surface area contributed by atoms with E-state index in [1.165, 1.54) is 12.8 Å². The Labute approximate surface area is 77.5 Å². The molecule has 1 aliphatic carbocycles. The second-order valence-electron chi connectivity index (χ2n) is 3.69. The first-order chi connectivity index (χ1) is 6.29. The number of nitrogens with two attached hydrogens (primary N) is 1. The molecule has 1 heterocycles. The molecule has 1 aromatic rings. The van der Waals surface area contributed by atoms with Crippen molar-refractivity contribution in [3.8, 4) is 0 Å². The Balaban J connectivity index is 1.96. The summed E-state index contributed by atoms with van der Waals surface area (Å²) < 4.78 is 5.10. The molecule has 2 N–H and O–H groups in total. The van der Waals surface area contributed by atoms with E-state index in [4.69, 9.17) is 10.3 Å². The first kappa shape index (κ1) is 8.69. The van der Waals surface area contributed by atoms with Crippen LogP contribution in [0.4, 0.5) is 0 Å². The molecule has 2 rings (SSSR count). The molecule has 4 nitrogen and oxygen atoms in total. The van der Waals surface area contributed by atoms with Crippen molar-refractivity contribution < 1.29 is 4.52 Å². The maximum absolute atomic E-state index is 5.78. The zero-order chi connectivity index (χ0) is 9.26. The molecule has 0 bridgehead atoms. The zero-order valence-corrected chi connectivity index (χ0v) is 7.86. The molecule has 0 unspecified atom stereocenters. The normalized spacial score (nSPS) is 18.9. The van der Waals surface area contributed by atoms with E-state index >= 15 is 0 Å². The van der Waals surface area contributed by atoms with Crippen molar-refractivity contribution in [3.05, 3.63) is 11.7 Å². The Bertz CT molecular complexity index is 280. The molecular weight excluding hydrogens is 166 g/mol. The minimum Gasteiger partial charge on any atom is -0.339 e. The van der Waals surface area contributed by atoms with Crippen LogP contribution in [0.15, 0.2) is 4.52 Å². The second kappa shape index (κ2) is 3.46. The van der Waals surface area contributed by atoms with E-state index in [1.807, 2.05) is 0 Å². The summed E-state index contributed by atoms with van der Waals surface area (Å²) in [6.07, 6.45) is 4.06. The van der Waals surface area contributed by atoms with Gasteiger partial charge in [0.2, 0.25) is 5.89 Å². The third-order valence-electron chi connectivity index (χ3n) is 2.39.